The van der Waals surface area contributed by atoms with E-state index in [1.54, 1.807) is 19.1 Å². The second kappa shape index (κ2) is 5.79. The minimum atomic E-state index is -3.72. The van der Waals surface area contributed by atoms with Gasteiger partial charge in [0.25, 0.3) is 10.0 Å². The van der Waals surface area contributed by atoms with Crippen LogP contribution < -0.4 is 10.5 Å². The Balaban J connectivity index is 2.44. The smallest absolute Gasteiger partial charge is 0.262 e. The highest BCUT2D eigenvalue weighted by atomic mass is 127. The van der Waals surface area contributed by atoms with Crippen LogP contribution in [0.4, 0.5) is 11.4 Å². The first-order valence-corrected chi connectivity index (χ1v) is 8.58. The molecule has 0 radical (unpaired) electrons. The van der Waals surface area contributed by atoms with Crippen molar-refractivity contribution in [2.75, 3.05) is 10.5 Å². The molecule has 0 spiro atoms. The van der Waals surface area contributed by atoms with Crippen LogP contribution in [0, 0.1) is 10.5 Å². The highest BCUT2D eigenvalue weighted by Gasteiger charge is 2.18. The largest absolute Gasteiger partial charge is 0.398 e. The van der Waals surface area contributed by atoms with Crippen molar-refractivity contribution in [1.29, 1.82) is 0 Å². The lowest BCUT2D eigenvalue weighted by Gasteiger charge is -2.12. The van der Waals surface area contributed by atoms with E-state index in [9.17, 15) is 8.42 Å². The fraction of sp³-hybridized carbons (Fsp3) is 0.0769. The number of hydrogen-bond acceptors (Lipinski definition) is 3. The lowest BCUT2D eigenvalue weighted by Crippen LogP contribution is -2.14. The van der Waals surface area contributed by atoms with Gasteiger partial charge in [0, 0.05) is 14.3 Å². The van der Waals surface area contributed by atoms with Gasteiger partial charge in [-0.25, -0.2) is 8.42 Å². The van der Waals surface area contributed by atoms with Gasteiger partial charge in [0.1, 0.15) is 0 Å². The van der Waals surface area contributed by atoms with Gasteiger partial charge >= 0.3 is 0 Å². The molecule has 2 aromatic rings. The third kappa shape index (κ3) is 3.18. The zero-order valence-electron chi connectivity index (χ0n) is 10.5. The first kappa shape index (κ1) is 15.4. The van der Waals surface area contributed by atoms with Gasteiger partial charge in [0.15, 0.2) is 0 Å². The first-order chi connectivity index (χ1) is 9.31. The molecule has 0 fully saturated rings. The maximum absolute atomic E-state index is 12.3. The van der Waals surface area contributed by atoms with Crippen LogP contribution in [0.2, 0.25) is 5.02 Å². The van der Waals surface area contributed by atoms with Crippen molar-refractivity contribution in [2.24, 2.45) is 0 Å². The number of anilines is 2. The van der Waals surface area contributed by atoms with Crippen molar-refractivity contribution in [3.8, 4) is 0 Å². The van der Waals surface area contributed by atoms with Crippen LogP contribution in [0.5, 0.6) is 0 Å². The van der Waals surface area contributed by atoms with Crippen LogP contribution in [0.3, 0.4) is 0 Å². The van der Waals surface area contributed by atoms with Gasteiger partial charge in [0.2, 0.25) is 0 Å². The molecule has 106 valence electrons. The van der Waals surface area contributed by atoms with Gasteiger partial charge in [-0.15, -0.1) is 0 Å². The molecule has 0 aliphatic carbocycles. The van der Waals surface area contributed by atoms with E-state index in [-0.39, 0.29) is 4.90 Å². The van der Waals surface area contributed by atoms with E-state index in [4.69, 9.17) is 17.3 Å². The molecule has 7 heteroatoms. The predicted molar refractivity (Wildman–Crippen MR) is 90.6 cm³/mol. The van der Waals surface area contributed by atoms with Gasteiger partial charge in [-0.3, -0.25) is 4.72 Å². The van der Waals surface area contributed by atoms with Crippen LogP contribution in [0.25, 0.3) is 0 Å². The summed E-state index contributed by atoms with van der Waals surface area (Å²) in [5, 5.41) is 0.327. The zero-order valence-corrected chi connectivity index (χ0v) is 14.3. The summed E-state index contributed by atoms with van der Waals surface area (Å²) in [5.74, 6) is 0. The number of rotatable bonds is 3. The fourth-order valence-corrected chi connectivity index (χ4v) is 3.71. The second-order valence-electron chi connectivity index (χ2n) is 4.20. The van der Waals surface area contributed by atoms with E-state index < -0.39 is 10.0 Å². The van der Waals surface area contributed by atoms with Crippen molar-refractivity contribution in [2.45, 2.75) is 11.8 Å². The summed E-state index contributed by atoms with van der Waals surface area (Å²) in [7, 11) is -3.72. The number of benzene rings is 2. The van der Waals surface area contributed by atoms with E-state index in [1.165, 1.54) is 12.1 Å². The van der Waals surface area contributed by atoms with Crippen molar-refractivity contribution < 1.29 is 8.42 Å². The molecule has 0 aromatic heterocycles. The molecule has 0 bridgehead atoms. The monoisotopic (exact) mass is 422 g/mol. The third-order valence-corrected chi connectivity index (χ3v) is 5.46. The van der Waals surface area contributed by atoms with Crippen LogP contribution in [-0.4, -0.2) is 8.42 Å². The number of hydrogen-bond donors (Lipinski definition) is 2. The molecule has 4 nitrogen and oxygen atoms in total. The van der Waals surface area contributed by atoms with Crippen molar-refractivity contribution >= 4 is 55.6 Å². The molecule has 0 atom stereocenters. The lowest BCUT2D eigenvalue weighted by molar-refractivity contribution is 0.601. The summed E-state index contributed by atoms with van der Waals surface area (Å²) in [6, 6.07) is 9.90. The molecule has 0 aliphatic rings. The standard InChI is InChI=1S/C13H12ClIN2O2S/c1-8-10(14)6-9(7-12(8)16)20(18,19)17-13-5-3-2-4-11(13)15/h2-7,17H,16H2,1H3. The Morgan fingerprint density at radius 2 is 1.90 bits per heavy atom. The minimum absolute atomic E-state index is 0.0465. The zero-order chi connectivity index (χ0) is 14.9. The highest BCUT2D eigenvalue weighted by molar-refractivity contribution is 14.1. The number of halogens is 2. The SMILES string of the molecule is Cc1c(N)cc(S(=O)(=O)Nc2ccccc2I)cc1Cl. The van der Waals surface area contributed by atoms with Gasteiger partial charge in [-0.2, -0.15) is 0 Å². The molecule has 20 heavy (non-hydrogen) atoms. The second-order valence-corrected chi connectivity index (χ2v) is 7.46. The maximum atomic E-state index is 12.3. The Hall–Kier alpha value is -0.990. The molecule has 2 rings (SSSR count). The Bertz CT molecular complexity index is 740. The van der Waals surface area contributed by atoms with E-state index in [0.29, 0.717) is 22.0 Å². The molecule has 0 amide bonds. The summed E-state index contributed by atoms with van der Waals surface area (Å²) in [4.78, 5) is 0.0465. The van der Waals surface area contributed by atoms with E-state index in [2.05, 4.69) is 27.3 Å². The molecule has 0 unspecified atom stereocenters. The summed E-state index contributed by atoms with van der Waals surface area (Å²) in [6.45, 7) is 1.74. The Morgan fingerprint density at radius 1 is 1.25 bits per heavy atom. The number of nitrogens with one attached hydrogen (secondary N) is 1. The quantitative estimate of drug-likeness (QED) is 0.586. The normalized spacial score (nSPS) is 11.3. The van der Waals surface area contributed by atoms with E-state index in [1.807, 2.05) is 12.1 Å². The summed E-state index contributed by atoms with van der Waals surface area (Å²) >= 11 is 8.05. The van der Waals surface area contributed by atoms with E-state index >= 15 is 0 Å². The number of sulfonamides is 1. The summed E-state index contributed by atoms with van der Waals surface area (Å²) in [5.41, 5.74) is 7.29. The van der Waals surface area contributed by atoms with Gasteiger partial charge in [0.05, 0.1) is 10.6 Å². The van der Waals surface area contributed by atoms with Crippen LogP contribution in [-0.2, 0) is 10.0 Å². The molecule has 3 N–H and O–H groups in total. The Labute approximate surface area is 136 Å². The Morgan fingerprint density at radius 3 is 2.50 bits per heavy atom. The molecule has 0 heterocycles. The molecule has 0 saturated heterocycles. The molecular weight excluding hydrogens is 411 g/mol. The maximum Gasteiger partial charge on any atom is 0.262 e. The summed E-state index contributed by atoms with van der Waals surface area (Å²) in [6.07, 6.45) is 0. The molecule has 0 saturated carbocycles. The van der Waals surface area contributed by atoms with Crippen molar-refractivity contribution in [3.63, 3.8) is 0 Å². The number of nitrogen functional groups attached to an aromatic ring is 1. The van der Waals surface area contributed by atoms with Crippen LogP contribution in [0.15, 0.2) is 41.3 Å². The summed E-state index contributed by atoms with van der Waals surface area (Å²) < 4.78 is 28.0. The average molecular weight is 423 g/mol. The van der Waals surface area contributed by atoms with Gasteiger partial charge < -0.3 is 5.73 Å². The highest BCUT2D eigenvalue weighted by Crippen LogP contribution is 2.28. The average Bonchev–Trinajstić information content (AvgIpc) is 2.38. The predicted octanol–water partition coefficient (Wildman–Crippen LogP) is 3.64. The molecule has 0 aliphatic heterocycles. The van der Waals surface area contributed by atoms with E-state index in [0.717, 1.165) is 3.57 Å². The molecule has 2 aromatic carbocycles. The lowest BCUT2D eigenvalue weighted by atomic mass is 10.2. The third-order valence-electron chi connectivity index (χ3n) is 2.79. The minimum Gasteiger partial charge on any atom is -0.398 e. The van der Waals surface area contributed by atoms with Crippen LogP contribution >= 0.6 is 34.2 Å². The number of para-hydroxylation sites is 1. The Kier molecular flexibility index (Phi) is 4.46. The van der Waals surface area contributed by atoms with Crippen molar-refractivity contribution in [1.82, 2.24) is 0 Å². The van der Waals surface area contributed by atoms with Crippen LogP contribution in [0.1, 0.15) is 5.56 Å². The topological polar surface area (TPSA) is 72.2 Å². The van der Waals surface area contributed by atoms with Crippen molar-refractivity contribution in [3.05, 3.63) is 50.6 Å². The van der Waals surface area contributed by atoms with Gasteiger partial charge in [-0.1, -0.05) is 23.7 Å². The molecular formula is C13H12ClIN2O2S. The van der Waals surface area contributed by atoms with Gasteiger partial charge in [-0.05, 0) is 59.3 Å². The fourth-order valence-electron chi connectivity index (χ4n) is 1.58. The number of nitrogens with two attached hydrogens (primary N) is 1. The first-order valence-electron chi connectivity index (χ1n) is 5.64.